The lowest BCUT2D eigenvalue weighted by Crippen LogP contribution is -2.12. The first-order valence-corrected chi connectivity index (χ1v) is 8.57. The quantitative estimate of drug-likeness (QED) is 0.525. The van der Waals surface area contributed by atoms with Gasteiger partial charge in [0, 0.05) is 22.7 Å². The number of nitrogens with zero attached hydrogens (tertiary/aromatic N) is 3. The van der Waals surface area contributed by atoms with Crippen molar-refractivity contribution in [3.05, 3.63) is 66.2 Å². The number of carbonyl (C=O) groups is 1. The van der Waals surface area contributed by atoms with Crippen LogP contribution in [0, 0.1) is 5.82 Å². The first-order chi connectivity index (χ1) is 13.6. The van der Waals surface area contributed by atoms with Gasteiger partial charge in [-0.1, -0.05) is 12.1 Å². The third-order valence-corrected chi connectivity index (χ3v) is 3.95. The molecule has 2 heterocycles. The smallest absolute Gasteiger partial charge is 0.364 e. The molecule has 0 radical (unpaired) electrons. The van der Waals surface area contributed by atoms with Gasteiger partial charge in [-0.05, 0) is 43.3 Å². The van der Waals surface area contributed by atoms with E-state index in [0.29, 0.717) is 11.3 Å². The largest absolute Gasteiger partial charge is 0.461 e. The Balaban J connectivity index is 1.76. The molecule has 28 heavy (non-hydrogen) atoms. The number of hydrogen-bond donors (Lipinski definition) is 1. The van der Waals surface area contributed by atoms with Gasteiger partial charge < -0.3 is 14.5 Å². The molecule has 0 amide bonds. The molecule has 0 saturated carbocycles. The van der Waals surface area contributed by atoms with Crippen molar-refractivity contribution in [2.45, 2.75) is 6.92 Å². The van der Waals surface area contributed by atoms with Crippen molar-refractivity contribution in [1.82, 2.24) is 20.2 Å². The van der Waals surface area contributed by atoms with Gasteiger partial charge in [-0.15, -0.1) is 10.2 Å². The number of rotatable bonds is 5. The minimum absolute atomic E-state index is 0.0670. The number of ether oxygens (including phenoxy) is 2. The van der Waals surface area contributed by atoms with Crippen molar-refractivity contribution in [1.29, 1.82) is 0 Å². The van der Waals surface area contributed by atoms with Gasteiger partial charge in [-0.25, -0.2) is 9.18 Å². The van der Waals surface area contributed by atoms with Crippen LogP contribution < -0.4 is 4.74 Å². The van der Waals surface area contributed by atoms with E-state index in [1.54, 1.807) is 25.1 Å². The predicted molar refractivity (Wildman–Crippen MR) is 99.6 cm³/mol. The molecule has 0 aliphatic heterocycles. The van der Waals surface area contributed by atoms with Gasteiger partial charge >= 0.3 is 5.97 Å². The maximum atomic E-state index is 13.5. The lowest BCUT2D eigenvalue weighted by Gasteiger charge is -2.10. The van der Waals surface area contributed by atoms with Gasteiger partial charge in [0.2, 0.25) is 5.69 Å². The van der Waals surface area contributed by atoms with Crippen LogP contribution >= 0.6 is 0 Å². The Labute approximate surface area is 159 Å². The van der Waals surface area contributed by atoms with Crippen LogP contribution in [0.1, 0.15) is 17.4 Å². The van der Waals surface area contributed by atoms with E-state index in [-0.39, 0.29) is 24.0 Å². The molecular formula is C20H15FN4O3. The third-order valence-electron chi connectivity index (χ3n) is 3.95. The first-order valence-electron chi connectivity index (χ1n) is 8.57. The van der Waals surface area contributed by atoms with Crippen LogP contribution in [0.15, 0.2) is 54.7 Å². The highest BCUT2D eigenvalue weighted by molar-refractivity contribution is 5.90. The molecule has 0 saturated heterocycles. The number of aromatic nitrogens is 4. The third kappa shape index (κ3) is 3.52. The lowest BCUT2D eigenvalue weighted by molar-refractivity contribution is 0.0514. The molecule has 0 aliphatic rings. The molecule has 0 fully saturated rings. The lowest BCUT2D eigenvalue weighted by atomic mass is 10.2. The summed E-state index contributed by atoms with van der Waals surface area (Å²) in [7, 11) is 0. The molecule has 0 spiro atoms. The molecule has 0 aliphatic carbocycles. The average Bonchev–Trinajstić information content (AvgIpc) is 3.16. The second-order valence-corrected chi connectivity index (χ2v) is 5.85. The number of fused-ring (bicyclic) bond motifs is 1. The predicted octanol–water partition coefficient (Wildman–Crippen LogP) is 4.13. The van der Waals surface area contributed by atoms with Crippen LogP contribution in [0.4, 0.5) is 4.39 Å². The Kier molecular flexibility index (Phi) is 4.67. The first kappa shape index (κ1) is 17.6. The highest BCUT2D eigenvalue weighted by Crippen LogP contribution is 2.27. The van der Waals surface area contributed by atoms with Crippen LogP contribution in [0.2, 0.25) is 0 Å². The summed E-state index contributed by atoms with van der Waals surface area (Å²) in [4.78, 5) is 19.6. The van der Waals surface area contributed by atoms with E-state index < -0.39 is 11.8 Å². The molecule has 0 unspecified atom stereocenters. The molecule has 140 valence electrons. The number of halogens is 1. The zero-order chi connectivity index (χ0) is 19.5. The monoisotopic (exact) mass is 378 g/mol. The Morgan fingerprint density at radius 2 is 2.04 bits per heavy atom. The fourth-order valence-electron chi connectivity index (χ4n) is 2.67. The normalized spacial score (nSPS) is 10.8. The molecule has 4 rings (SSSR count). The van der Waals surface area contributed by atoms with Gasteiger partial charge in [0.05, 0.1) is 6.61 Å². The standard InChI is InChI=1S/C20H15FN4O3/c1-2-27-20(26)17-19(28-15-6-7-16-12(11-15)8-9-22-16)23-18(25-24-17)13-4-3-5-14(21)10-13/h3-11,22H,2H2,1H3. The fraction of sp³-hybridized carbons (Fsp3) is 0.100. The minimum atomic E-state index is -0.703. The average molecular weight is 378 g/mol. The molecule has 7 nitrogen and oxygen atoms in total. The Bertz CT molecular complexity index is 1160. The molecule has 0 bridgehead atoms. The van der Waals surface area contributed by atoms with E-state index >= 15 is 0 Å². The number of hydrogen-bond acceptors (Lipinski definition) is 6. The number of benzene rings is 2. The molecule has 4 aromatic rings. The molecule has 0 atom stereocenters. The zero-order valence-electron chi connectivity index (χ0n) is 14.8. The van der Waals surface area contributed by atoms with E-state index in [4.69, 9.17) is 9.47 Å². The molecule has 1 N–H and O–H groups in total. The SMILES string of the molecule is CCOC(=O)c1nnc(-c2cccc(F)c2)nc1Oc1ccc2[nH]ccc2c1. The zero-order valence-corrected chi connectivity index (χ0v) is 14.8. The number of H-pyrrole nitrogens is 1. The number of nitrogens with one attached hydrogen (secondary N) is 1. The summed E-state index contributed by atoms with van der Waals surface area (Å²) in [5.41, 5.74) is 1.20. The number of esters is 1. The van der Waals surface area contributed by atoms with Crippen LogP contribution in [-0.2, 0) is 4.74 Å². The van der Waals surface area contributed by atoms with E-state index in [0.717, 1.165) is 10.9 Å². The summed E-state index contributed by atoms with van der Waals surface area (Å²) in [6, 6.07) is 13.0. The van der Waals surface area contributed by atoms with Crippen LogP contribution in [0.25, 0.3) is 22.3 Å². The van der Waals surface area contributed by atoms with Crippen molar-refractivity contribution in [2.75, 3.05) is 6.61 Å². The highest BCUT2D eigenvalue weighted by Gasteiger charge is 2.21. The van der Waals surface area contributed by atoms with Gasteiger partial charge in [0.25, 0.3) is 5.88 Å². The van der Waals surface area contributed by atoms with Crippen LogP contribution in [0.5, 0.6) is 11.6 Å². The molecule has 2 aromatic heterocycles. The van der Waals surface area contributed by atoms with Crippen LogP contribution in [-0.4, -0.2) is 32.7 Å². The summed E-state index contributed by atoms with van der Waals surface area (Å²) in [6.45, 7) is 1.85. The van der Waals surface area contributed by atoms with Crippen molar-refractivity contribution in [3.63, 3.8) is 0 Å². The number of carbonyl (C=O) groups excluding carboxylic acids is 1. The van der Waals surface area contributed by atoms with E-state index in [1.165, 1.54) is 18.2 Å². The van der Waals surface area contributed by atoms with Gasteiger partial charge in [0.15, 0.2) is 5.82 Å². The van der Waals surface area contributed by atoms with Crippen molar-refractivity contribution in [2.24, 2.45) is 0 Å². The minimum Gasteiger partial charge on any atom is -0.461 e. The van der Waals surface area contributed by atoms with Gasteiger partial charge in [-0.2, -0.15) is 4.98 Å². The fourth-order valence-corrected chi connectivity index (χ4v) is 2.67. The molecule has 8 heteroatoms. The second kappa shape index (κ2) is 7.43. The maximum absolute atomic E-state index is 13.5. The van der Waals surface area contributed by atoms with Gasteiger partial charge in [-0.3, -0.25) is 0 Å². The second-order valence-electron chi connectivity index (χ2n) is 5.85. The van der Waals surface area contributed by atoms with Crippen LogP contribution in [0.3, 0.4) is 0 Å². The van der Waals surface area contributed by atoms with E-state index in [2.05, 4.69) is 20.2 Å². The Hall–Kier alpha value is -3.81. The highest BCUT2D eigenvalue weighted by atomic mass is 19.1. The van der Waals surface area contributed by atoms with E-state index in [1.807, 2.05) is 18.3 Å². The topological polar surface area (TPSA) is 90.0 Å². The summed E-state index contributed by atoms with van der Waals surface area (Å²) >= 11 is 0. The summed E-state index contributed by atoms with van der Waals surface area (Å²) in [5.74, 6) is -0.613. The van der Waals surface area contributed by atoms with Crippen molar-refractivity contribution >= 4 is 16.9 Å². The van der Waals surface area contributed by atoms with Crippen molar-refractivity contribution in [3.8, 4) is 23.0 Å². The summed E-state index contributed by atoms with van der Waals surface area (Å²) in [6.07, 6.45) is 1.81. The number of aromatic amines is 1. The van der Waals surface area contributed by atoms with E-state index in [9.17, 15) is 9.18 Å². The summed E-state index contributed by atoms with van der Waals surface area (Å²) < 4.78 is 24.4. The Morgan fingerprint density at radius 3 is 2.86 bits per heavy atom. The maximum Gasteiger partial charge on any atom is 0.364 e. The van der Waals surface area contributed by atoms with Crippen molar-refractivity contribution < 1.29 is 18.7 Å². The molecular weight excluding hydrogens is 363 g/mol. The van der Waals surface area contributed by atoms with Gasteiger partial charge in [0.1, 0.15) is 11.6 Å². The molecule has 2 aromatic carbocycles. The summed E-state index contributed by atoms with van der Waals surface area (Å²) in [5, 5.41) is 8.77. The Morgan fingerprint density at radius 1 is 1.14 bits per heavy atom.